The van der Waals surface area contributed by atoms with E-state index in [1.165, 1.54) is 11.8 Å². The van der Waals surface area contributed by atoms with Gasteiger partial charge in [0.05, 0.1) is 29.1 Å². The molecular formula is C20H19N3O5S2. The van der Waals surface area contributed by atoms with E-state index in [2.05, 4.69) is 10.3 Å². The Labute approximate surface area is 177 Å². The number of aromatic nitrogens is 1. The first-order chi connectivity index (χ1) is 14.3. The minimum absolute atomic E-state index is 0.0473. The van der Waals surface area contributed by atoms with Crippen LogP contribution in [0.3, 0.4) is 0 Å². The second-order valence-electron chi connectivity index (χ2n) is 6.93. The summed E-state index contributed by atoms with van der Waals surface area (Å²) in [7, 11) is -3.58. The van der Waals surface area contributed by atoms with Gasteiger partial charge >= 0.3 is 6.09 Å². The maximum Gasteiger partial charge on any atom is 0.414 e. The van der Waals surface area contributed by atoms with Gasteiger partial charge in [0.2, 0.25) is 20.1 Å². The van der Waals surface area contributed by atoms with Gasteiger partial charge in [-0.15, -0.1) is 11.3 Å². The molecule has 10 heteroatoms. The van der Waals surface area contributed by atoms with E-state index in [0.29, 0.717) is 28.0 Å². The third-order valence-corrected chi connectivity index (χ3v) is 7.74. The average molecular weight is 446 g/mol. The molecule has 4 rings (SSSR count). The quantitative estimate of drug-likeness (QED) is 0.625. The number of thiazole rings is 1. The lowest BCUT2D eigenvalue weighted by Crippen LogP contribution is -2.33. The lowest BCUT2D eigenvalue weighted by Gasteiger charge is -2.12. The van der Waals surface area contributed by atoms with Crippen molar-refractivity contribution >= 4 is 49.1 Å². The van der Waals surface area contributed by atoms with Crippen LogP contribution in [0.15, 0.2) is 52.9 Å². The van der Waals surface area contributed by atoms with Gasteiger partial charge in [-0.05, 0) is 23.8 Å². The summed E-state index contributed by atoms with van der Waals surface area (Å²) in [6.45, 7) is 1.93. The van der Waals surface area contributed by atoms with Crippen molar-refractivity contribution in [2.45, 2.75) is 23.1 Å². The molecule has 0 bridgehead atoms. The molecule has 1 N–H and O–H groups in total. The van der Waals surface area contributed by atoms with Crippen LogP contribution in [0, 0.1) is 0 Å². The van der Waals surface area contributed by atoms with Gasteiger partial charge < -0.3 is 10.1 Å². The Morgan fingerprint density at radius 2 is 2.03 bits per heavy atom. The Morgan fingerprint density at radius 1 is 1.27 bits per heavy atom. The predicted octanol–water partition coefficient (Wildman–Crippen LogP) is 2.73. The topological polar surface area (TPSA) is 106 Å². The first-order valence-corrected chi connectivity index (χ1v) is 11.7. The van der Waals surface area contributed by atoms with Crippen molar-refractivity contribution in [1.29, 1.82) is 0 Å². The number of fused-ring (bicyclic) bond motifs is 1. The minimum Gasteiger partial charge on any atom is -0.442 e. The Bertz CT molecular complexity index is 1210. The minimum atomic E-state index is -3.58. The fraction of sp³-hybridized carbons (Fsp3) is 0.250. The molecule has 0 unspecified atom stereocenters. The fourth-order valence-corrected chi connectivity index (χ4v) is 5.82. The molecule has 8 nitrogen and oxygen atoms in total. The third-order valence-electron chi connectivity index (χ3n) is 4.58. The van der Waals surface area contributed by atoms with Gasteiger partial charge in [0.25, 0.3) is 0 Å². The van der Waals surface area contributed by atoms with Crippen molar-refractivity contribution in [3.63, 3.8) is 0 Å². The van der Waals surface area contributed by atoms with Crippen molar-refractivity contribution in [2.24, 2.45) is 0 Å². The number of cyclic esters (lactones) is 1. The van der Waals surface area contributed by atoms with E-state index in [4.69, 9.17) is 4.74 Å². The number of benzene rings is 2. The smallest absolute Gasteiger partial charge is 0.414 e. The number of anilines is 1. The largest absolute Gasteiger partial charge is 0.442 e. The van der Waals surface area contributed by atoms with E-state index < -0.39 is 22.0 Å². The Morgan fingerprint density at radius 3 is 2.77 bits per heavy atom. The normalized spacial score (nSPS) is 16.6. The maximum atomic E-state index is 12.8. The van der Waals surface area contributed by atoms with Crippen molar-refractivity contribution in [3.8, 4) is 0 Å². The summed E-state index contributed by atoms with van der Waals surface area (Å²) in [5.74, 6) is -0.316. The lowest BCUT2D eigenvalue weighted by molar-refractivity contribution is -0.119. The molecule has 0 radical (unpaired) electrons. The van der Waals surface area contributed by atoms with E-state index >= 15 is 0 Å². The SMILES string of the molecule is CC(=O)NC[C@H]1CN(c2ccc3nc(S(=O)(=O)Cc4ccccc4)sc3c2)C(=O)O1. The number of nitrogens with one attached hydrogen (secondary N) is 1. The maximum absolute atomic E-state index is 12.8. The van der Waals surface area contributed by atoms with Crippen LogP contribution in [0.5, 0.6) is 0 Å². The number of hydrogen-bond donors (Lipinski definition) is 1. The zero-order chi connectivity index (χ0) is 21.3. The van der Waals surface area contributed by atoms with Gasteiger partial charge in [-0.3, -0.25) is 9.69 Å². The fourth-order valence-electron chi connectivity index (χ4n) is 3.14. The summed E-state index contributed by atoms with van der Waals surface area (Å²) < 4.78 is 31.5. The third kappa shape index (κ3) is 4.29. The summed E-state index contributed by atoms with van der Waals surface area (Å²) in [6, 6.07) is 14.1. The molecule has 1 aliphatic heterocycles. The zero-order valence-electron chi connectivity index (χ0n) is 16.1. The van der Waals surface area contributed by atoms with Crippen molar-refractivity contribution in [1.82, 2.24) is 10.3 Å². The number of sulfone groups is 1. The van der Waals surface area contributed by atoms with Crippen LogP contribution in [-0.4, -0.2) is 44.6 Å². The van der Waals surface area contributed by atoms with Crippen LogP contribution in [0.4, 0.5) is 10.5 Å². The molecule has 1 aliphatic rings. The second-order valence-corrected chi connectivity index (χ2v) is 10.1. The molecule has 1 fully saturated rings. The first kappa shape index (κ1) is 20.3. The standard InChI is InChI=1S/C20H19N3O5S2/c1-13(24)21-10-16-11-23(20(25)28-16)15-7-8-17-18(9-15)29-19(22-17)30(26,27)12-14-5-3-2-4-6-14/h2-9,16H,10-12H2,1H3,(H,21,24)/t16-/m0/s1. The molecular weight excluding hydrogens is 426 g/mol. The van der Waals surface area contributed by atoms with E-state index in [9.17, 15) is 18.0 Å². The summed E-state index contributed by atoms with van der Waals surface area (Å²) in [6.07, 6.45) is -0.952. The molecule has 0 spiro atoms. The molecule has 1 atom stereocenters. The molecule has 3 aromatic rings. The molecule has 0 saturated carbocycles. The highest BCUT2D eigenvalue weighted by molar-refractivity contribution is 7.92. The molecule has 0 aliphatic carbocycles. The van der Waals surface area contributed by atoms with E-state index in [0.717, 1.165) is 11.3 Å². The van der Waals surface area contributed by atoms with Gasteiger partial charge in [0.15, 0.2) is 0 Å². The summed E-state index contributed by atoms with van der Waals surface area (Å²) in [5, 5.41) is 2.63. The molecule has 2 heterocycles. The molecule has 1 saturated heterocycles. The van der Waals surface area contributed by atoms with Crippen molar-refractivity contribution < 1.29 is 22.7 Å². The second kappa shape index (κ2) is 8.04. The molecule has 1 aromatic heterocycles. The molecule has 30 heavy (non-hydrogen) atoms. The molecule has 2 amide bonds. The van der Waals surface area contributed by atoms with Gasteiger partial charge in [0.1, 0.15) is 6.10 Å². The Balaban J connectivity index is 1.55. The van der Waals surface area contributed by atoms with E-state index in [1.807, 2.05) is 6.07 Å². The van der Waals surface area contributed by atoms with Crippen molar-refractivity contribution in [3.05, 3.63) is 54.1 Å². The predicted molar refractivity (Wildman–Crippen MR) is 113 cm³/mol. The van der Waals surface area contributed by atoms with Crippen LogP contribution in [0.1, 0.15) is 12.5 Å². The van der Waals surface area contributed by atoms with Gasteiger partial charge in [-0.1, -0.05) is 30.3 Å². The number of hydrogen-bond acceptors (Lipinski definition) is 7. The summed E-state index contributed by atoms with van der Waals surface area (Å²) >= 11 is 1.08. The number of rotatable bonds is 6. The van der Waals surface area contributed by atoms with E-state index in [1.54, 1.807) is 42.5 Å². The van der Waals surface area contributed by atoms with Crippen LogP contribution in [0.25, 0.3) is 10.2 Å². The number of carbonyl (C=O) groups excluding carboxylic acids is 2. The van der Waals surface area contributed by atoms with Gasteiger partial charge in [0, 0.05) is 12.6 Å². The highest BCUT2D eigenvalue weighted by atomic mass is 32.2. The number of carbonyl (C=O) groups is 2. The highest BCUT2D eigenvalue weighted by Crippen LogP contribution is 2.32. The van der Waals surface area contributed by atoms with E-state index in [-0.39, 0.29) is 22.5 Å². The number of nitrogens with zero attached hydrogens (tertiary/aromatic N) is 2. The van der Waals surface area contributed by atoms with Crippen LogP contribution in [-0.2, 0) is 25.1 Å². The Kier molecular flexibility index (Phi) is 5.44. The summed E-state index contributed by atoms with van der Waals surface area (Å²) in [4.78, 5) is 29.0. The highest BCUT2D eigenvalue weighted by Gasteiger charge is 2.32. The first-order valence-electron chi connectivity index (χ1n) is 9.22. The molecule has 2 aromatic carbocycles. The van der Waals surface area contributed by atoms with Gasteiger partial charge in [-0.25, -0.2) is 18.2 Å². The van der Waals surface area contributed by atoms with Crippen LogP contribution >= 0.6 is 11.3 Å². The number of amides is 2. The van der Waals surface area contributed by atoms with Crippen LogP contribution < -0.4 is 10.2 Å². The van der Waals surface area contributed by atoms with Crippen LogP contribution in [0.2, 0.25) is 0 Å². The summed E-state index contributed by atoms with van der Waals surface area (Å²) in [5.41, 5.74) is 1.84. The average Bonchev–Trinajstić information content (AvgIpc) is 3.30. The zero-order valence-corrected chi connectivity index (χ0v) is 17.7. The monoisotopic (exact) mass is 445 g/mol. The number of ether oxygens (including phenoxy) is 1. The van der Waals surface area contributed by atoms with Gasteiger partial charge in [-0.2, -0.15) is 0 Å². The molecule has 156 valence electrons. The Hall–Kier alpha value is -2.98. The lowest BCUT2D eigenvalue weighted by atomic mass is 10.2. The van der Waals surface area contributed by atoms with Crippen molar-refractivity contribution in [2.75, 3.05) is 18.0 Å².